The number of rotatable bonds is 6. The van der Waals surface area contributed by atoms with Crippen LogP contribution >= 0.6 is 0 Å². The summed E-state index contributed by atoms with van der Waals surface area (Å²) in [5.74, 6) is 0. The van der Waals surface area contributed by atoms with Crippen LogP contribution < -0.4 is 10.2 Å². The van der Waals surface area contributed by atoms with E-state index in [0.29, 0.717) is 6.04 Å². The van der Waals surface area contributed by atoms with E-state index in [1.165, 1.54) is 50.1 Å². The number of benzene rings is 1. The van der Waals surface area contributed by atoms with Gasteiger partial charge in [-0.1, -0.05) is 18.6 Å². The molecule has 0 bridgehead atoms. The summed E-state index contributed by atoms with van der Waals surface area (Å²) in [4.78, 5) is 4.96. The van der Waals surface area contributed by atoms with E-state index < -0.39 is 0 Å². The Labute approximate surface area is 146 Å². The maximum atomic E-state index is 9.63. The van der Waals surface area contributed by atoms with Crippen LogP contribution in [0.25, 0.3) is 0 Å². The number of aliphatic hydroxyl groups excluding tert-OH is 1. The lowest BCUT2D eigenvalue weighted by molar-refractivity contribution is 0.145. The zero-order valence-corrected chi connectivity index (χ0v) is 15.1. The topological polar surface area (TPSA) is 38.7 Å². The van der Waals surface area contributed by atoms with Crippen molar-refractivity contribution in [3.05, 3.63) is 29.8 Å². The van der Waals surface area contributed by atoms with Crippen LogP contribution in [0.5, 0.6) is 0 Å². The third kappa shape index (κ3) is 4.95. The normalized spacial score (nSPS) is 21.8. The predicted molar refractivity (Wildman–Crippen MR) is 101 cm³/mol. The first-order valence-corrected chi connectivity index (χ1v) is 9.71. The average Bonchev–Trinajstić information content (AvgIpc) is 2.63. The van der Waals surface area contributed by atoms with Gasteiger partial charge in [0.05, 0.1) is 6.10 Å². The van der Waals surface area contributed by atoms with E-state index in [-0.39, 0.29) is 6.10 Å². The molecule has 3 rings (SSSR count). The molecule has 4 heteroatoms. The van der Waals surface area contributed by atoms with Crippen molar-refractivity contribution in [2.75, 3.05) is 44.2 Å². The highest BCUT2D eigenvalue weighted by molar-refractivity contribution is 5.48. The molecule has 1 aromatic carbocycles. The molecule has 2 saturated heterocycles. The van der Waals surface area contributed by atoms with Gasteiger partial charge in [-0.2, -0.15) is 0 Å². The molecule has 0 aliphatic carbocycles. The highest BCUT2D eigenvalue weighted by Crippen LogP contribution is 2.22. The zero-order chi connectivity index (χ0) is 16.8. The summed E-state index contributed by atoms with van der Waals surface area (Å²) in [6.07, 6.45) is 5.80. The minimum absolute atomic E-state index is 0.107. The van der Waals surface area contributed by atoms with E-state index in [1.54, 1.807) is 0 Å². The van der Waals surface area contributed by atoms with Crippen LogP contribution in [0.1, 0.15) is 50.6 Å². The Kier molecular flexibility index (Phi) is 6.52. The van der Waals surface area contributed by atoms with Crippen LogP contribution in [0.2, 0.25) is 0 Å². The summed E-state index contributed by atoms with van der Waals surface area (Å²) in [5.41, 5.74) is 2.64. The standard InChI is InChI=1S/C20H33N3O/c1-17(21-11-16-22-12-3-2-4-13-22)18-5-7-19(8-6-18)23-14-9-20(24)10-15-23/h5-8,17,20-21,24H,2-4,9-16H2,1H3. The van der Waals surface area contributed by atoms with Gasteiger partial charge in [-0.25, -0.2) is 0 Å². The SMILES string of the molecule is CC(NCCN1CCCCC1)c1ccc(N2CCC(O)CC2)cc1. The molecule has 0 spiro atoms. The number of likely N-dealkylation sites (tertiary alicyclic amines) is 1. The van der Waals surface area contributed by atoms with E-state index in [1.807, 2.05) is 0 Å². The number of nitrogens with one attached hydrogen (secondary N) is 1. The van der Waals surface area contributed by atoms with Gasteiger partial charge in [0.1, 0.15) is 0 Å². The summed E-state index contributed by atoms with van der Waals surface area (Å²) >= 11 is 0. The molecule has 2 N–H and O–H groups in total. The monoisotopic (exact) mass is 331 g/mol. The summed E-state index contributed by atoms with van der Waals surface area (Å²) in [7, 11) is 0. The van der Waals surface area contributed by atoms with Crippen molar-refractivity contribution in [2.45, 2.75) is 51.2 Å². The third-order valence-corrected chi connectivity index (χ3v) is 5.55. The molecule has 4 nitrogen and oxygen atoms in total. The van der Waals surface area contributed by atoms with E-state index in [2.05, 4.69) is 46.3 Å². The van der Waals surface area contributed by atoms with Gasteiger partial charge in [0, 0.05) is 37.9 Å². The summed E-state index contributed by atoms with van der Waals surface area (Å²) in [6, 6.07) is 9.36. The lowest BCUT2D eigenvalue weighted by Crippen LogP contribution is -2.36. The molecule has 2 fully saturated rings. The number of nitrogens with zero attached hydrogens (tertiary/aromatic N) is 2. The first-order chi connectivity index (χ1) is 11.7. The second-order valence-corrected chi connectivity index (χ2v) is 7.39. The van der Waals surface area contributed by atoms with Crippen LogP contribution in [0.4, 0.5) is 5.69 Å². The van der Waals surface area contributed by atoms with E-state index >= 15 is 0 Å². The van der Waals surface area contributed by atoms with Crippen LogP contribution in [0, 0.1) is 0 Å². The molecule has 2 heterocycles. The maximum absolute atomic E-state index is 9.63. The van der Waals surface area contributed by atoms with Gasteiger partial charge in [-0.3, -0.25) is 0 Å². The molecule has 1 aromatic rings. The quantitative estimate of drug-likeness (QED) is 0.841. The first kappa shape index (κ1) is 17.7. The van der Waals surface area contributed by atoms with Gasteiger partial charge in [0.2, 0.25) is 0 Å². The van der Waals surface area contributed by atoms with Crippen molar-refractivity contribution < 1.29 is 5.11 Å². The Morgan fingerprint density at radius 3 is 2.38 bits per heavy atom. The van der Waals surface area contributed by atoms with E-state index in [4.69, 9.17) is 0 Å². The molecule has 2 aliphatic heterocycles. The molecule has 1 unspecified atom stereocenters. The number of piperidine rings is 2. The highest BCUT2D eigenvalue weighted by Gasteiger charge is 2.17. The summed E-state index contributed by atoms with van der Waals surface area (Å²) in [6.45, 7) is 8.95. The highest BCUT2D eigenvalue weighted by atomic mass is 16.3. The summed E-state index contributed by atoms with van der Waals surface area (Å²) in [5, 5.41) is 13.3. The lowest BCUT2D eigenvalue weighted by atomic mass is 10.0. The molecule has 1 atom stereocenters. The maximum Gasteiger partial charge on any atom is 0.0574 e. The lowest BCUT2D eigenvalue weighted by Gasteiger charge is -2.31. The molecule has 134 valence electrons. The number of hydrogen-bond acceptors (Lipinski definition) is 4. The predicted octanol–water partition coefficient (Wildman–Crippen LogP) is 2.78. The van der Waals surface area contributed by atoms with E-state index in [9.17, 15) is 5.11 Å². The number of hydrogen-bond donors (Lipinski definition) is 2. The number of anilines is 1. The number of aliphatic hydroxyl groups is 1. The Balaban J connectivity index is 1.44. The van der Waals surface area contributed by atoms with Crippen molar-refractivity contribution in [1.82, 2.24) is 10.2 Å². The van der Waals surface area contributed by atoms with Gasteiger partial charge in [0.15, 0.2) is 0 Å². The fourth-order valence-corrected chi connectivity index (χ4v) is 3.84. The fourth-order valence-electron chi connectivity index (χ4n) is 3.84. The van der Waals surface area contributed by atoms with Crippen molar-refractivity contribution in [3.63, 3.8) is 0 Å². The Morgan fingerprint density at radius 1 is 1.04 bits per heavy atom. The Morgan fingerprint density at radius 2 is 1.71 bits per heavy atom. The minimum atomic E-state index is -0.107. The average molecular weight is 332 g/mol. The van der Waals surface area contributed by atoms with Crippen LogP contribution in [-0.2, 0) is 0 Å². The van der Waals surface area contributed by atoms with Gasteiger partial charge >= 0.3 is 0 Å². The third-order valence-electron chi connectivity index (χ3n) is 5.55. The molecule has 0 aromatic heterocycles. The Bertz CT molecular complexity index is 476. The minimum Gasteiger partial charge on any atom is -0.393 e. The van der Waals surface area contributed by atoms with Gasteiger partial charge in [-0.15, -0.1) is 0 Å². The molecular formula is C20H33N3O. The van der Waals surface area contributed by atoms with Crippen LogP contribution in [0.15, 0.2) is 24.3 Å². The smallest absolute Gasteiger partial charge is 0.0574 e. The Hall–Kier alpha value is -1.10. The van der Waals surface area contributed by atoms with Crippen LogP contribution in [0.3, 0.4) is 0 Å². The molecule has 0 saturated carbocycles. The largest absolute Gasteiger partial charge is 0.393 e. The summed E-state index contributed by atoms with van der Waals surface area (Å²) < 4.78 is 0. The fraction of sp³-hybridized carbons (Fsp3) is 0.700. The van der Waals surface area contributed by atoms with Crippen LogP contribution in [-0.4, -0.2) is 55.4 Å². The van der Waals surface area contributed by atoms with Gasteiger partial charge in [-0.05, 0) is 63.4 Å². The first-order valence-electron chi connectivity index (χ1n) is 9.71. The van der Waals surface area contributed by atoms with E-state index in [0.717, 1.165) is 32.5 Å². The molecule has 0 amide bonds. The second-order valence-electron chi connectivity index (χ2n) is 7.39. The van der Waals surface area contributed by atoms with Crippen molar-refractivity contribution >= 4 is 5.69 Å². The molecular weight excluding hydrogens is 298 g/mol. The second kappa shape index (κ2) is 8.84. The van der Waals surface area contributed by atoms with Crippen molar-refractivity contribution in [1.29, 1.82) is 0 Å². The molecule has 0 radical (unpaired) electrons. The van der Waals surface area contributed by atoms with Crippen molar-refractivity contribution in [3.8, 4) is 0 Å². The van der Waals surface area contributed by atoms with Gasteiger partial charge < -0.3 is 20.2 Å². The molecule has 24 heavy (non-hydrogen) atoms. The van der Waals surface area contributed by atoms with Gasteiger partial charge in [0.25, 0.3) is 0 Å². The van der Waals surface area contributed by atoms with Crippen molar-refractivity contribution in [2.24, 2.45) is 0 Å². The molecule has 2 aliphatic rings. The zero-order valence-electron chi connectivity index (χ0n) is 15.1.